The Hall–Kier alpha value is -2.75. The number of benzene rings is 1. The Labute approximate surface area is 157 Å². The third-order valence-corrected chi connectivity index (χ3v) is 4.33. The second kappa shape index (κ2) is 7.87. The predicted molar refractivity (Wildman–Crippen MR) is 90.5 cm³/mol. The van der Waals surface area contributed by atoms with Gasteiger partial charge in [-0.2, -0.15) is 5.10 Å². The van der Waals surface area contributed by atoms with Crippen LogP contribution in [-0.4, -0.2) is 33.3 Å². The number of nitrogens with zero attached hydrogens (tertiary/aromatic N) is 3. The molecule has 1 aromatic carbocycles. The zero-order valence-corrected chi connectivity index (χ0v) is 14.7. The molecular formula is C16H16ClF2N5O3. The molecule has 0 spiro atoms. The number of primary amides is 1. The van der Waals surface area contributed by atoms with Gasteiger partial charge in [-0.3, -0.25) is 4.79 Å². The summed E-state index contributed by atoms with van der Waals surface area (Å²) in [5, 5.41) is 6.61. The van der Waals surface area contributed by atoms with E-state index in [1.807, 2.05) is 0 Å². The number of ether oxygens (including phenoxy) is 1. The number of nitrogens with two attached hydrogens (primary N) is 1. The third-order valence-electron chi connectivity index (χ3n) is 4.01. The number of hydrogen-bond acceptors (Lipinski definition) is 5. The average molecular weight is 400 g/mol. The van der Waals surface area contributed by atoms with Crippen LogP contribution in [0.15, 0.2) is 24.5 Å². The Morgan fingerprint density at radius 2 is 2.15 bits per heavy atom. The van der Waals surface area contributed by atoms with Crippen molar-refractivity contribution < 1.29 is 23.1 Å². The van der Waals surface area contributed by atoms with Crippen molar-refractivity contribution in [1.82, 2.24) is 20.1 Å². The van der Waals surface area contributed by atoms with Crippen LogP contribution < -0.4 is 11.1 Å². The van der Waals surface area contributed by atoms with Gasteiger partial charge in [0.25, 0.3) is 6.43 Å². The van der Waals surface area contributed by atoms with E-state index in [0.29, 0.717) is 5.56 Å². The van der Waals surface area contributed by atoms with Crippen LogP contribution in [0.2, 0.25) is 5.02 Å². The summed E-state index contributed by atoms with van der Waals surface area (Å²) in [6.45, 7) is -0.0155. The molecule has 11 heteroatoms. The van der Waals surface area contributed by atoms with E-state index in [1.54, 1.807) is 6.07 Å². The smallest absolute Gasteiger partial charge is 0.405 e. The number of carbonyl (C=O) groups is 2. The minimum absolute atomic E-state index is 0.0155. The minimum atomic E-state index is -2.86. The first-order chi connectivity index (χ1) is 12.9. The lowest BCUT2D eigenvalue weighted by molar-refractivity contribution is -0.122. The molecule has 0 bridgehead atoms. The van der Waals surface area contributed by atoms with Crippen molar-refractivity contribution in [2.45, 2.75) is 25.4 Å². The molecule has 0 saturated heterocycles. The monoisotopic (exact) mass is 399 g/mol. The molecule has 2 aromatic rings. The summed E-state index contributed by atoms with van der Waals surface area (Å²) in [6.07, 6.45) is -2.19. The van der Waals surface area contributed by atoms with E-state index in [2.05, 4.69) is 15.4 Å². The SMILES string of the molecule is NC(=O)OC(CNC(=O)C1CC1)c1ccc(Cl)c(-n2ncnc2C(F)F)c1. The Morgan fingerprint density at radius 1 is 1.41 bits per heavy atom. The van der Waals surface area contributed by atoms with Gasteiger partial charge in [0.05, 0.1) is 17.3 Å². The van der Waals surface area contributed by atoms with Crippen LogP contribution >= 0.6 is 11.6 Å². The van der Waals surface area contributed by atoms with Crippen molar-refractivity contribution >= 4 is 23.6 Å². The van der Waals surface area contributed by atoms with Gasteiger partial charge in [-0.1, -0.05) is 17.7 Å². The molecule has 1 aliphatic carbocycles. The van der Waals surface area contributed by atoms with Gasteiger partial charge in [-0.25, -0.2) is 23.2 Å². The van der Waals surface area contributed by atoms with E-state index in [-0.39, 0.29) is 29.1 Å². The molecule has 144 valence electrons. The van der Waals surface area contributed by atoms with E-state index >= 15 is 0 Å². The van der Waals surface area contributed by atoms with Crippen LogP contribution in [0.25, 0.3) is 5.69 Å². The predicted octanol–water partition coefficient (Wildman–Crippen LogP) is 2.52. The molecule has 1 heterocycles. The summed E-state index contributed by atoms with van der Waals surface area (Å²) in [5.41, 5.74) is 5.64. The van der Waals surface area contributed by atoms with Gasteiger partial charge in [0.2, 0.25) is 5.91 Å². The quantitative estimate of drug-likeness (QED) is 0.742. The Bertz CT molecular complexity index is 856. The van der Waals surface area contributed by atoms with Gasteiger partial charge in [0, 0.05) is 5.92 Å². The number of hydrogen-bond donors (Lipinski definition) is 2. The highest BCUT2D eigenvalue weighted by atomic mass is 35.5. The topological polar surface area (TPSA) is 112 Å². The summed E-state index contributed by atoms with van der Waals surface area (Å²) in [4.78, 5) is 26.6. The van der Waals surface area contributed by atoms with Gasteiger partial charge in [0.1, 0.15) is 12.4 Å². The fourth-order valence-corrected chi connectivity index (χ4v) is 2.73. The van der Waals surface area contributed by atoms with Crippen LogP contribution in [0.5, 0.6) is 0 Å². The number of nitrogens with one attached hydrogen (secondary N) is 1. The number of aromatic nitrogens is 3. The molecule has 1 unspecified atom stereocenters. The van der Waals surface area contributed by atoms with Gasteiger partial charge in [0.15, 0.2) is 5.82 Å². The number of alkyl halides is 2. The van der Waals surface area contributed by atoms with E-state index in [0.717, 1.165) is 23.9 Å². The second-order valence-electron chi connectivity index (χ2n) is 5.99. The molecule has 3 rings (SSSR count). The van der Waals surface area contributed by atoms with Crippen molar-refractivity contribution in [3.8, 4) is 5.69 Å². The maximum absolute atomic E-state index is 13.1. The lowest BCUT2D eigenvalue weighted by Crippen LogP contribution is -2.32. The fourth-order valence-electron chi connectivity index (χ4n) is 2.53. The molecule has 0 radical (unpaired) electrons. The molecule has 0 aliphatic heterocycles. The van der Waals surface area contributed by atoms with Crippen LogP contribution in [0.4, 0.5) is 13.6 Å². The lowest BCUT2D eigenvalue weighted by atomic mass is 10.1. The van der Waals surface area contributed by atoms with Crippen molar-refractivity contribution in [1.29, 1.82) is 0 Å². The van der Waals surface area contributed by atoms with Crippen LogP contribution in [0.1, 0.15) is 36.8 Å². The molecule has 8 nitrogen and oxygen atoms in total. The summed E-state index contributed by atoms with van der Waals surface area (Å²) >= 11 is 6.12. The highest BCUT2D eigenvalue weighted by molar-refractivity contribution is 6.32. The van der Waals surface area contributed by atoms with Crippen molar-refractivity contribution in [2.24, 2.45) is 11.7 Å². The Balaban J connectivity index is 1.89. The van der Waals surface area contributed by atoms with Crippen molar-refractivity contribution in [3.63, 3.8) is 0 Å². The third kappa shape index (κ3) is 4.51. The van der Waals surface area contributed by atoms with Gasteiger partial charge in [-0.05, 0) is 30.5 Å². The number of rotatable bonds is 7. The standard InChI is InChI=1S/C16H16ClF2N5O3/c17-10-4-3-9(5-11(10)24-14(13(18)19)22-7-23-24)12(27-16(20)26)6-21-15(25)8-1-2-8/h3-5,7-8,12-13H,1-2,6H2,(H2,20,26)(H,21,25). The zero-order chi connectivity index (χ0) is 19.6. The number of amides is 2. The highest BCUT2D eigenvalue weighted by Gasteiger charge is 2.30. The Kier molecular flexibility index (Phi) is 5.54. The maximum atomic E-state index is 13.1. The second-order valence-corrected chi connectivity index (χ2v) is 6.39. The van der Waals surface area contributed by atoms with Crippen molar-refractivity contribution in [3.05, 3.63) is 40.9 Å². The molecule has 3 N–H and O–H groups in total. The Morgan fingerprint density at radius 3 is 2.78 bits per heavy atom. The molecule has 1 aliphatic rings. The molecule has 2 amide bonds. The summed E-state index contributed by atoms with van der Waals surface area (Å²) in [7, 11) is 0. The minimum Gasteiger partial charge on any atom is -0.440 e. The van der Waals surface area contributed by atoms with Crippen molar-refractivity contribution in [2.75, 3.05) is 6.54 Å². The van der Waals surface area contributed by atoms with Crippen LogP contribution in [0.3, 0.4) is 0 Å². The van der Waals surface area contributed by atoms with Crippen LogP contribution in [-0.2, 0) is 9.53 Å². The van der Waals surface area contributed by atoms with Gasteiger partial charge < -0.3 is 15.8 Å². The van der Waals surface area contributed by atoms with Crippen LogP contribution in [0, 0.1) is 5.92 Å². The molecule has 1 fully saturated rings. The van der Waals surface area contributed by atoms with E-state index in [9.17, 15) is 18.4 Å². The van der Waals surface area contributed by atoms with E-state index < -0.39 is 24.4 Å². The van der Waals surface area contributed by atoms with Gasteiger partial charge >= 0.3 is 6.09 Å². The molecule has 1 aromatic heterocycles. The first-order valence-electron chi connectivity index (χ1n) is 8.08. The van der Waals surface area contributed by atoms with Gasteiger partial charge in [-0.15, -0.1) is 0 Å². The average Bonchev–Trinajstić information content (AvgIpc) is 3.35. The zero-order valence-electron chi connectivity index (χ0n) is 13.9. The summed E-state index contributed by atoms with van der Waals surface area (Å²) in [6, 6.07) is 4.42. The fraction of sp³-hybridized carbons (Fsp3) is 0.375. The molecule has 1 atom stereocenters. The number of halogens is 3. The van der Waals surface area contributed by atoms with E-state index in [4.69, 9.17) is 22.1 Å². The molecular weight excluding hydrogens is 384 g/mol. The largest absolute Gasteiger partial charge is 0.440 e. The summed E-state index contributed by atoms with van der Waals surface area (Å²) in [5.74, 6) is -0.745. The molecule has 1 saturated carbocycles. The maximum Gasteiger partial charge on any atom is 0.405 e. The first kappa shape index (κ1) is 19.0. The normalized spacial score (nSPS) is 14.8. The lowest BCUT2D eigenvalue weighted by Gasteiger charge is -2.19. The van der Waals surface area contributed by atoms with E-state index in [1.165, 1.54) is 12.1 Å². The number of carbonyl (C=O) groups excluding carboxylic acids is 2. The summed E-state index contributed by atoms with van der Waals surface area (Å²) < 4.78 is 32.2. The highest BCUT2D eigenvalue weighted by Crippen LogP contribution is 2.30. The first-order valence-corrected chi connectivity index (χ1v) is 8.46. The molecule has 27 heavy (non-hydrogen) atoms.